The molecule has 120 valence electrons. The summed E-state index contributed by atoms with van der Waals surface area (Å²) in [5.74, 6) is 0.905. The molecule has 22 heavy (non-hydrogen) atoms. The minimum Gasteiger partial charge on any atom is -0.508 e. The second kappa shape index (κ2) is 9.14. The normalized spacial score (nSPS) is 10.0. The minimum absolute atomic E-state index is 0.421. The number of aryl methyl sites for hydroxylation is 4. The van der Waals surface area contributed by atoms with Gasteiger partial charge in [-0.1, -0.05) is 58.0 Å². The molecule has 0 atom stereocenters. The monoisotopic (exact) mass is 300 g/mol. The number of phenols is 2. The van der Waals surface area contributed by atoms with E-state index in [2.05, 4.69) is 33.8 Å². The van der Waals surface area contributed by atoms with Crippen LogP contribution < -0.4 is 0 Å². The summed E-state index contributed by atoms with van der Waals surface area (Å²) in [6.45, 7) is 8.27. The van der Waals surface area contributed by atoms with Gasteiger partial charge in [0.15, 0.2) is 0 Å². The van der Waals surface area contributed by atoms with Crippen LogP contribution >= 0.6 is 0 Å². The van der Waals surface area contributed by atoms with Crippen molar-refractivity contribution in [3.05, 3.63) is 58.7 Å². The molecule has 0 aliphatic rings. The lowest BCUT2D eigenvalue weighted by atomic mass is 10.1. The van der Waals surface area contributed by atoms with Crippen molar-refractivity contribution < 1.29 is 10.2 Å². The third-order valence-corrected chi connectivity index (χ3v) is 3.90. The molecule has 0 spiro atoms. The van der Waals surface area contributed by atoms with E-state index in [9.17, 15) is 10.2 Å². The number of para-hydroxylation sites is 1. The molecule has 2 rings (SSSR count). The molecule has 0 fully saturated rings. The van der Waals surface area contributed by atoms with Gasteiger partial charge in [-0.15, -0.1) is 0 Å². The standard InChI is InChI=1S/2C10H14O/c1-3-8-5-6-10(11)9(4-2)7-8;1-3-8-6-5-7-9(4-2)10(8)11/h2*5-7,11H,3-4H2,1-2H3. The second-order valence-corrected chi connectivity index (χ2v) is 5.30. The number of benzene rings is 2. The fraction of sp³-hybridized carbons (Fsp3) is 0.400. The topological polar surface area (TPSA) is 40.5 Å². The molecule has 2 heteroatoms. The maximum Gasteiger partial charge on any atom is 0.121 e. The van der Waals surface area contributed by atoms with Crippen LogP contribution in [0.4, 0.5) is 0 Å². The summed E-state index contributed by atoms with van der Waals surface area (Å²) >= 11 is 0. The van der Waals surface area contributed by atoms with E-state index in [1.54, 1.807) is 6.07 Å². The van der Waals surface area contributed by atoms with E-state index in [0.717, 1.165) is 42.4 Å². The Morgan fingerprint density at radius 3 is 1.68 bits per heavy atom. The van der Waals surface area contributed by atoms with Crippen LogP contribution in [-0.2, 0) is 25.7 Å². The van der Waals surface area contributed by atoms with E-state index in [4.69, 9.17) is 0 Å². The zero-order valence-corrected chi connectivity index (χ0v) is 14.2. The third-order valence-electron chi connectivity index (χ3n) is 3.90. The lowest BCUT2D eigenvalue weighted by Crippen LogP contribution is -1.86. The van der Waals surface area contributed by atoms with Gasteiger partial charge in [0.25, 0.3) is 0 Å². The Labute approximate surface area is 134 Å². The molecule has 0 aromatic heterocycles. The van der Waals surface area contributed by atoms with Crippen LogP contribution in [0.1, 0.15) is 49.9 Å². The van der Waals surface area contributed by atoms with Crippen molar-refractivity contribution in [2.24, 2.45) is 0 Å². The third kappa shape index (κ3) is 4.80. The Bertz CT molecular complexity index is 563. The zero-order valence-electron chi connectivity index (χ0n) is 14.2. The highest BCUT2D eigenvalue weighted by Gasteiger charge is 2.01. The number of hydrogen-bond donors (Lipinski definition) is 2. The molecule has 2 aromatic carbocycles. The van der Waals surface area contributed by atoms with Crippen molar-refractivity contribution in [2.45, 2.75) is 53.4 Å². The summed E-state index contributed by atoms with van der Waals surface area (Å²) in [5.41, 5.74) is 4.43. The summed E-state index contributed by atoms with van der Waals surface area (Å²) in [7, 11) is 0. The van der Waals surface area contributed by atoms with Crippen molar-refractivity contribution in [2.75, 3.05) is 0 Å². The first-order chi connectivity index (χ1) is 10.6. The van der Waals surface area contributed by atoms with E-state index >= 15 is 0 Å². The van der Waals surface area contributed by atoms with Gasteiger partial charge in [0.1, 0.15) is 11.5 Å². The molecule has 0 bridgehead atoms. The smallest absolute Gasteiger partial charge is 0.121 e. The molecule has 2 aromatic rings. The molecule has 0 aliphatic carbocycles. The molecule has 0 heterocycles. The van der Waals surface area contributed by atoms with Crippen molar-refractivity contribution in [1.82, 2.24) is 0 Å². The Morgan fingerprint density at radius 2 is 1.23 bits per heavy atom. The first-order valence-corrected chi connectivity index (χ1v) is 8.17. The average molecular weight is 300 g/mol. The lowest BCUT2D eigenvalue weighted by molar-refractivity contribution is 0.462. The first-order valence-electron chi connectivity index (χ1n) is 8.17. The quantitative estimate of drug-likeness (QED) is 0.831. The van der Waals surface area contributed by atoms with E-state index in [-0.39, 0.29) is 0 Å². The Hall–Kier alpha value is -1.96. The first kappa shape index (κ1) is 18.1. The minimum atomic E-state index is 0.421. The molecule has 0 unspecified atom stereocenters. The van der Waals surface area contributed by atoms with Gasteiger partial charge in [0.05, 0.1) is 0 Å². The SMILES string of the molecule is CCc1ccc(O)c(CC)c1.CCc1cccc(CC)c1O. The molecular formula is C20H28O2. The van der Waals surface area contributed by atoms with Crippen LogP contribution in [0.25, 0.3) is 0 Å². The average Bonchev–Trinajstić information content (AvgIpc) is 2.56. The summed E-state index contributed by atoms with van der Waals surface area (Å²) in [5, 5.41) is 18.9. The van der Waals surface area contributed by atoms with Gasteiger partial charge in [-0.2, -0.15) is 0 Å². The molecule has 0 saturated carbocycles. The van der Waals surface area contributed by atoms with Crippen molar-refractivity contribution in [3.8, 4) is 11.5 Å². The number of hydrogen-bond acceptors (Lipinski definition) is 2. The van der Waals surface area contributed by atoms with Crippen molar-refractivity contribution >= 4 is 0 Å². The van der Waals surface area contributed by atoms with E-state index in [1.165, 1.54) is 5.56 Å². The Balaban J connectivity index is 0.000000220. The van der Waals surface area contributed by atoms with Gasteiger partial charge >= 0.3 is 0 Å². The van der Waals surface area contributed by atoms with Crippen molar-refractivity contribution in [3.63, 3.8) is 0 Å². The maximum atomic E-state index is 9.59. The van der Waals surface area contributed by atoms with E-state index in [0.29, 0.717) is 11.5 Å². The van der Waals surface area contributed by atoms with Crippen molar-refractivity contribution in [1.29, 1.82) is 0 Å². The van der Waals surface area contributed by atoms with Crippen LogP contribution in [0.15, 0.2) is 36.4 Å². The van der Waals surface area contributed by atoms with Gasteiger partial charge in [-0.25, -0.2) is 0 Å². The molecule has 2 N–H and O–H groups in total. The summed E-state index contributed by atoms with van der Waals surface area (Å²) in [4.78, 5) is 0. The highest BCUT2D eigenvalue weighted by molar-refractivity contribution is 5.40. The second-order valence-electron chi connectivity index (χ2n) is 5.30. The fourth-order valence-corrected chi connectivity index (χ4v) is 2.36. The highest BCUT2D eigenvalue weighted by atomic mass is 16.3. The van der Waals surface area contributed by atoms with Gasteiger partial charge in [-0.05, 0) is 54.0 Å². The van der Waals surface area contributed by atoms with Gasteiger partial charge in [-0.3, -0.25) is 0 Å². The van der Waals surface area contributed by atoms with Crippen LogP contribution in [-0.4, -0.2) is 10.2 Å². The zero-order chi connectivity index (χ0) is 16.5. The van der Waals surface area contributed by atoms with Crippen LogP contribution in [0, 0.1) is 0 Å². The van der Waals surface area contributed by atoms with E-state index in [1.807, 2.05) is 24.3 Å². The molecule has 0 saturated heterocycles. The molecule has 0 amide bonds. The fourth-order valence-electron chi connectivity index (χ4n) is 2.36. The molecular weight excluding hydrogens is 272 g/mol. The van der Waals surface area contributed by atoms with Gasteiger partial charge in [0, 0.05) is 0 Å². The highest BCUT2D eigenvalue weighted by Crippen LogP contribution is 2.22. The van der Waals surface area contributed by atoms with Gasteiger partial charge < -0.3 is 10.2 Å². The van der Waals surface area contributed by atoms with Crippen LogP contribution in [0.5, 0.6) is 11.5 Å². The molecule has 0 radical (unpaired) electrons. The number of phenolic OH excluding ortho intramolecular Hbond substituents is 2. The van der Waals surface area contributed by atoms with Gasteiger partial charge in [0.2, 0.25) is 0 Å². The summed E-state index contributed by atoms with van der Waals surface area (Å²) in [6.07, 6.45) is 3.74. The lowest BCUT2D eigenvalue weighted by Gasteiger charge is -2.05. The molecule has 0 aliphatic heterocycles. The largest absolute Gasteiger partial charge is 0.508 e. The molecule has 2 nitrogen and oxygen atoms in total. The Kier molecular flexibility index (Phi) is 7.51. The van der Waals surface area contributed by atoms with Crippen LogP contribution in [0.3, 0.4) is 0 Å². The predicted molar refractivity (Wildman–Crippen MR) is 93.7 cm³/mol. The summed E-state index contributed by atoms with van der Waals surface area (Å²) < 4.78 is 0. The predicted octanol–water partition coefficient (Wildman–Crippen LogP) is 5.03. The maximum absolute atomic E-state index is 9.59. The van der Waals surface area contributed by atoms with Crippen LogP contribution in [0.2, 0.25) is 0 Å². The number of rotatable bonds is 4. The Morgan fingerprint density at radius 1 is 0.682 bits per heavy atom. The summed E-state index contributed by atoms with van der Waals surface area (Å²) in [6, 6.07) is 11.7. The number of aromatic hydroxyl groups is 2. The van der Waals surface area contributed by atoms with E-state index < -0.39 is 0 Å².